The highest BCUT2D eigenvalue weighted by atomic mass is 16.5. The Morgan fingerprint density at radius 1 is 1.25 bits per heavy atom. The summed E-state index contributed by atoms with van der Waals surface area (Å²) in [4.78, 5) is 17.3. The van der Waals surface area contributed by atoms with Gasteiger partial charge in [-0.25, -0.2) is 0 Å². The number of aryl methyl sites for hydroxylation is 1. The van der Waals surface area contributed by atoms with E-state index in [1.807, 2.05) is 51.1 Å². The molecule has 2 atom stereocenters. The van der Waals surface area contributed by atoms with Gasteiger partial charge in [0.2, 0.25) is 5.91 Å². The van der Waals surface area contributed by atoms with Gasteiger partial charge in [-0.05, 0) is 26.8 Å². The first-order chi connectivity index (χ1) is 13.5. The monoisotopic (exact) mass is 386 g/mol. The van der Waals surface area contributed by atoms with Crippen molar-refractivity contribution in [1.29, 1.82) is 0 Å². The second-order valence-electron chi connectivity index (χ2n) is 7.39. The minimum Gasteiger partial charge on any atom is -0.496 e. The quantitative estimate of drug-likeness (QED) is 0.788. The van der Waals surface area contributed by atoms with Gasteiger partial charge in [0.15, 0.2) is 0 Å². The van der Waals surface area contributed by atoms with Crippen LogP contribution in [0.3, 0.4) is 0 Å². The third-order valence-electron chi connectivity index (χ3n) is 5.36. The van der Waals surface area contributed by atoms with E-state index in [0.29, 0.717) is 0 Å². The van der Waals surface area contributed by atoms with E-state index in [4.69, 9.17) is 9.26 Å². The van der Waals surface area contributed by atoms with E-state index >= 15 is 0 Å². The zero-order chi connectivity index (χ0) is 20.1. The maximum Gasteiger partial charge on any atom is 0.237 e. The Labute approximate surface area is 166 Å². The number of methoxy groups -OCH3 is 1. The molecule has 1 fully saturated rings. The molecule has 2 unspecified atom stereocenters. The van der Waals surface area contributed by atoms with Crippen LogP contribution in [-0.2, 0) is 11.3 Å². The van der Waals surface area contributed by atoms with E-state index in [2.05, 4.69) is 20.3 Å². The van der Waals surface area contributed by atoms with Gasteiger partial charge in [-0.2, -0.15) is 0 Å². The second-order valence-corrected chi connectivity index (χ2v) is 7.39. The molecule has 3 rings (SSSR count). The van der Waals surface area contributed by atoms with Crippen LogP contribution in [0.1, 0.15) is 36.9 Å². The summed E-state index contributed by atoms with van der Waals surface area (Å²) in [7, 11) is 1.65. The van der Waals surface area contributed by atoms with Crippen molar-refractivity contribution in [3.05, 3.63) is 47.3 Å². The number of carbonyl (C=O) groups is 1. The van der Waals surface area contributed by atoms with Crippen molar-refractivity contribution in [1.82, 2.24) is 20.3 Å². The van der Waals surface area contributed by atoms with Gasteiger partial charge in [0.25, 0.3) is 0 Å². The average Bonchev–Trinajstić information content (AvgIpc) is 3.12. The molecule has 0 radical (unpaired) electrons. The van der Waals surface area contributed by atoms with Gasteiger partial charge in [-0.15, -0.1) is 0 Å². The molecule has 152 valence electrons. The fourth-order valence-electron chi connectivity index (χ4n) is 3.63. The highest BCUT2D eigenvalue weighted by molar-refractivity contribution is 5.81. The van der Waals surface area contributed by atoms with Crippen molar-refractivity contribution in [3.8, 4) is 5.75 Å². The lowest BCUT2D eigenvalue weighted by Gasteiger charge is -2.37. The third kappa shape index (κ3) is 4.91. The molecule has 7 nitrogen and oxygen atoms in total. The van der Waals surface area contributed by atoms with Crippen LogP contribution in [0, 0.1) is 6.92 Å². The highest BCUT2D eigenvalue weighted by Gasteiger charge is 2.27. The van der Waals surface area contributed by atoms with E-state index in [0.717, 1.165) is 55.5 Å². The topological polar surface area (TPSA) is 70.8 Å². The van der Waals surface area contributed by atoms with Crippen molar-refractivity contribution < 1.29 is 14.1 Å². The van der Waals surface area contributed by atoms with E-state index in [9.17, 15) is 4.79 Å². The van der Waals surface area contributed by atoms with Crippen LogP contribution in [0.15, 0.2) is 34.9 Å². The molecule has 2 aromatic rings. The normalized spacial score (nSPS) is 17.9. The minimum atomic E-state index is -0.173. The van der Waals surface area contributed by atoms with Crippen LogP contribution in [0.2, 0.25) is 0 Å². The van der Waals surface area contributed by atoms with Crippen LogP contribution in [0.4, 0.5) is 0 Å². The van der Waals surface area contributed by atoms with Gasteiger partial charge in [0, 0.05) is 44.4 Å². The molecule has 1 aliphatic heterocycles. The largest absolute Gasteiger partial charge is 0.496 e. The fraction of sp³-hybridized carbons (Fsp3) is 0.524. The predicted molar refractivity (Wildman–Crippen MR) is 107 cm³/mol. The second kappa shape index (κ2) is 9.21. The Balaban J connectivity index is 1.50. The highest BCUT2D eigenvalue weighted by Crippen LogP contribution is 2.24. The van der Waals surface area contributed by atoms with Crippen LogP contribution in [-0.4, -0.2) is 60.2 Å². The SMILES string of the molecule is COc1ccccc1C(C)NC(=O)C(C)N1CCN(Cc2cc(C)on2)CC1. The Bertz CT molecular complexity index is 783. The number of piperazine rings is 1. The van der Waals surface area contributed by atoms with Gasteiger partial charge >= 0.3 is 0 Å². The molecule has 0 saturated carbocycles. The van der Waals surface area contributed by atoms with E-state index in [-0.39, 0.29) is 18.0 Å². The molecule has 7 heteroatoms. The molecule has 1 aromatic heterocycles. The third-order valence-corrected chi connectivity index (χ3v) is 5.36. The number of ether oxygens (including phenoxy) is 1. The first-order valence-electron chi connectivity index (χ1n) is 9.80. The Kier molecular flexibility index (Phi) is 6.70. The van der Waals surface area contributed by atoms with Gasteiger partial charge in [0.1, 0.15) is 11.5 Å². The average molecular weight is 386 g/mol. The molecular weight excluding hydrogens is 356 g/mol. The summed E-state index contributed by atoms with van der Waals surface area (Å²) in [6.45, 7) is 10.2. The first kappa shape index (κ1) is 20.4. The van der Waals surface area contributed by atoms with Gasteiger partial charge < -0.3 is 14.6 Å². The summed E-state index contributed by atoms with van der Waals surface area (Å²) in [5.74, 6) is 1.67. The summed E-state index contributed by atoms with van der Waals surface area (Å²) < 4.78 is 10.5. The number of rotatable bonds is 7. The maximum absolute atomic E-state index is 12.8. The number of benzene rings is 1. The molecule has 0 spiro atoms. The number of carbonyl (C=O) groups excluding carboxylic acids is 1. The zero-order valence-electron chi connectivity index (χ0n) is 17.1. The Hall–Kier alpha value is -2.38. The van der Waals surface area contributed by atoms with Crippen LogP contribution >= 0.6 is 0 Å². The van der Waals surface area contributed by atoms with Crippen molar-refractivity contribution >= 4 is 5.91 Å². The first-order valence-corrected chi connectivity index (χ1v) is 9.80. The number of aromatic nitrogens is 1. The summed E-state index contributed by atoms with van der Waals surface area (Å²) in [5, 5.41) is 7.19. The smallest absolute Gasteiger partial charge is 0.237 e. The Morgan fingerprint density at radius 2 is 1.96 bits per heavy atom. The van der Waals surface area contributed by atoms with Gasteiger partial charge in [-0.3, -0.25) is 14.6 Å². The van der Waals surface area contributed by atoms with E-state index < -0.39 is 0 Å². The fourth-order valence-corrected chi connectivity index (χ4v) is 3.63. The van der Waals surface area contributed by atoms with Crippen LogP contribution in [0.25, 0.3) is 0 Å². The van der Waals surface area contributed by atoms with Crippen LogP contribution in [0.5, 0.6) is 5.75 Å². The molecule has 0 aliphatic carbocycles. The standard InChI is InChI=1S/C21H30N4O3/c1-15-13-18(23-28-15)14-24-9-11-25(12-10-24)17(3)21(26)22-16(2)19-7-5-6-8-20(19)27-4/h5-8,13,16-17H,9-12,14H2,1-4H3,(H,22,26). The van der Waals surface area contributed by atoms with Crippen molar-refractivity contribution in [2.24, 2.45) is 0 Å². The number of para-hydroxylation sites is 1. The molecule has 2 heterocycles. The summed E-state index contributed by atoms with van der Waals surface area (Å²) in [6, 6.07) is 9.48. The summed E-state index contributed by atoms with van der Waals surface area (Å²) in [6.07, 6.45) is 0. The lowest BCUT2D eigenvalue weighted by Crippen LogP contribution is -2.53. The van der Waals surface area contributed by atoms with Gasteiger partial charge in [-0.1, -0.05) is 23.4 Å². The molecule has 1 aliphatic rings. The molecule has 0 bridgehead atoms. The molecule has 1 aromatic carbocycles. The molecular formula is C21H30N4O3. The summed E-state index contributed by atoms with van der Waals surface area (Å²) in [5.41, 5.74) is 1.95. The predicted octanol–water partition coefficient (Wildman–Crippen LogP) is 2.38. The van der Waals surface area contributed by atoms with Crippen molar-refractivity contribution in [2.45, 2.75) is 39.4 Å². The van der Waals surface area contributed by atoms with Crippen LogP contribution < -0.4 is 10.1 Å². The van der Waals surface area contributed by atoms with E-state index in [1.165, 1.54) is 0 Å². The van der Waals surface area contributed by atoms with E-state index in [1.54, 1.807) is 7.11 Å². The van der Waals surface area contributed by atoms with Crippen molar-refractivity contribution in [2.75, 3.05) is 33.3 Å². The minimum absolute atomic E-state index is 0.0407. The van der Waals surface area contributed by atoms with Crippen molar-refractivity contribution in [3.63, 3.8) is 0 Å². The molecule has 1 N–H and O–H groups in total. The molecule has 28 heavy (non-hydrogen) atoms. The lowest BCUT2D eigenvalue weighted by atomic mass is 10.1. The molecule has 1 saturated heterocycles. The summed E-state index contributed by atoms with van der Waals surface area (Å²) >= 11 is 0. The number of nitrogens with zero attached hydrogens (tertiary/aromatic N) is 3. The lowest BCUT2D eigenvalue weighted by molar-refractivity contribution is -0.127. The maximum atomic E-state index is 12.8. The zero-order valence-corrected chi connectivity index (χ0v) is 17.1. The Morgan fingerprint density at radius 3 is 2.61 bits per heavy atom. The number of hydrogen-bond donors (Lipinski definition) is 1. The number of nitrogens with one attached hydrogen (secondary N) is 1. The van der Waals surface area contributed by atoms with Gasteiger partial charge in [0.05, 0.1) is 24.9 Å². The molecule has 1 amide bonds. The number of hydrogen-bond acceptors (Lipinski definition) is 6. The number of amides is 1.